The number of hydrogen-bond donors (Lipinski definition) is 0. The zero-order chi connectivity index (χ0) is 16.4. The van der Waals surface area contributed by atoms with Gasteiger partial charge in [0.25, 0.3) is 5.91 Å². The summed E-state index contributed by atoms with van der Waals surface area (Å²) in [4.78, 5) is 14.9. The average Bonchev–Trinajstić information content (AvgIpc) is 3.35. The van der Waals surface area contributed by atoms with Gasteiger partial charge in [0.15, 0.2) is 0 Å². The molecule has 0 spiro atoms. The first-order valence-electron chi connectivity index (χ1n) is 8.33. The Morgan fingerprint density at radius 1 is 1.08 bits per heavy atom. The molecule has 1 aromatic carbocycles. The van der Waals surface area contributed by atoms with E-state index in [0.29, 0.717) is 6.54 Å². The van der Waals surface area contributed by atoms with Gasteiger partial charge in [-0.25, -0.2) is 0 Å². The summed E-state index contributed by atoms with van der Waals surface area (Å²) in [5, 5.41) is 4.33. The summed E-state index contributed by atoms with van der Waals surface area (Å²) in [6.45, 7) is 1.53. The van der Waals surface area contributed by atoms with E-state index in [9.17, 15) is 4.79 Å². The molecule has 3 aromatic rings. The molecule has 1 amide bonds. The Morgan fingerprint density at radius 2 is 1.96 bits per heavy atom. The van der Waals surface area contributed by atoms with Crippen LogP contribution in [0.1, 0.15) is 29.2 Å². The van der Waals surface area contributed by atoms with Gasteiger partial charge in [0.1, 0.15) is 0 Å². The van der Waals surface area contributed by atoms with Crippen LogP contribution in [0, 0.1) is 0 Å². The van der Waals surface area contributed by atoms with E-state index in [1.165, 1.54) is 0 Å². The molecule has 0 N–H and O–H groups in total. The van der Waals surface area contributed by atoms with Crippen molar-refractivity contribution in [3.63, 3.8) is 0 Å². The number of benzene rings is 1. The van der Waals surface area contributed by atoms with E-state index in [4.69, 9.17) is 0 Å². The summed E-state index contributed by atoms with van der Waals surface area (Å²) < 4.78 is 3.98. The second-order valence-electron chi connectivity index (χ2n) is 6.17. The minimum absolute atomic E-state index is 0.0980. The van der Waals surface area contributed by atoms with E-state index in [1.54, 1.807) is 6.20 Å². The third kappa shape index (κ3) is 2.85. The predicted octanol–water partition coefficient (Wildman–Crippen LogP) is 3.15. The summed E-state index contributed by atoms with van der Waals surface area (Å²) in [6, 6.07) is 14.0. The summed E-state index contributed by atoms with van der Waals surface area (Å²) in [7, 11) is 0. The van der Waals surface area contributed by atoms with Crippen LogP contribution < -0.4 is 0 Å². The second kappa shape index (κ2) is 6.35. The Labute approximate surface area is 141 Å². The zero-order valence-electron chi connectivity index (χ0n) is 13.5. The molecule has 1 atom stereocenters. The molecule has 1 saturated heterocycles. The molecule has 1 fully saturated rings. The van der Waals surface area contributed by atoms with Crippen molar-refractivity contribution >= 4 is 5.91 Å². The van der Waals surface area contributed by atoms with Crippen LogP contribution in [-0.4, -0.2) is 38.2 Å². The van der Waals surface area contributed by atoms with E-state index < -0.39 is 0 Å². The summed E-state index contributed by atoms with van der Waals surface area (Å²) in [6.07, 6.45) is 9.81. The molecular formula is C19H20N4O. The number of hydrogen-bond acceptors (Lipinski definition) is 2. The van der Waals surface area contributed by atoms with Gasteiger partial charge < -0.3 is 9.47 Å². The summed E-state index contributed by atoms with van der Waals surface area (Å²) in [5.41, 5.74) is 1.74. The quantitative estimate of drug-likeness (QED) is 0.744. The van der Waals surface area contributed by atoms with Crippen LogP contribution in [0.4, 0.5) is 0 Å². The number of likely N-dealkylation sites (tertiary alicyclic amines) is 1. The molecule has 1 aliphatic rings. The summed E-state index contributed by atoms with van der Waals surface area (Å²) >= 11 is 0. The molecule has 24 heavy (non-hydrogen) atoms. The fourth-order valence-electron chi connectivity index (χ4n) is 3.34. The number of carbonyl (C=O) groups is 1. The highest BCUT2D eigenvalue weighted by molar-refractivity contribution is 5.94. The number of carbonyl (C=O) groups excluding carboxylic acids is 1. The Balaban J connectivity index is 1.54. The number of nitrogens with zero attached hydrogens (tertiary/aromatic N) is 4. The molecule has 5 heteroatoms. The molecule has 0 radical (unpaired) electrons. The third-order valence-corrected chi connectivity index (χ3v) is 4.58. The van der Waals surface area contributed by atoms with Crippen LogP contribution in [0.3, 0.4) is 0 Å². The molecule has 3 heterocycles. The van der Waals surface area contributed by atoms with Gasteiger partial charge in [-0.15, -0.1) is 0 Å². The van der Waals surface area contributed by atoms with Crippen LogP contribution in [0.15, 0.2) is 67.3 Å². The van der Waals surface area contributed by atoms with E-state index >= 15 is 0 Å². The third-order valence-electron chi connectivity index (χ3n) is 4.58. The molecule has 0 saturated carbocycles. The molecule has 4 rings (SSSR count). The fraction of sp³-hybridized carbons (Fsp3) is 0.263. The zero-order valence-corrected chi connectivity index (χ0v) is 13.5. The SMILES string of the molecule is O=C(c1cccc(-n2cccc2)c1)N1CCC[C@H](n2cccn2)C1. The largest absolute Gasteiger partial charge is 0.337 e. The van der Waals surface area contributed by atoms with E-state index in [0.717, 1.165) is 30.6 Å². The van der Waals surface area contributed by atoms with Crippen molar-refractivity contribution in [1.29, 1.82) is 0 Å². The van der Waals surface area contributed by atoms with Gasteiger partial charge in [-0.2, -0.15) is 5.10 Å². The number of aromatic nitrogens is 3. The van der Waals surface area contributed by atoms with E-state index in [2.05, 4.69) is 5.10 Å². The van der Waals surface area contributed by atoms with Gasteiger partial charge in [-0.3, -0.25) is 9.48 Å². The highest BCUT2D eigenvalue weighted by Gasteiger charge is 2.25. The first kappa shape index (κ1) is 14.8. The monoisotopic (exact) mass is 320 g/mol. The highest BCUT2D eigenvalue weighted by atomic mass is 16.2. The lowest BCUT2D eigenvalue weighted by Crippen LogP contribution is -2.40. The minimum atomic E-state index is 0.0980. The van der Waals surface area contributed by atoms with Crippen LogP contribution in [0.5, 0.6) is 0 Å². The molecule has 0 unspecified atom stereocenters. The first-order valence-corrected chi connectivity index (χ1v) is 8.33. The lowest BCUT2D eigenvalue weighted by Gasteiger charge is -2.33. The van der Waals surface area contributed by atoms with Gasteiger partial charge in [0, 0.05) is 49.1 Å². The van der Waals surface area contributed by atoms with Crippen molar-refractivity contribution < 1.29 is 4.79 Å². The Bertz CT molecular complexity index is 808. The van der Waals surface area contributed by atoms with Crippen molar-refractivity contribution in [3.05, 3.63) is 72.8 Å². The van der Waals surface area contributed by atoms with Crippen molar-refractivity contribution in [2.45, 2.75) is 18.9 Å². The summed E-state index contributed by atoms with van der Waals surface area (Å²) in [5.74, 6) is 0.0980. The van der Waals surface area contributed by atoms with E-state index in [1.807, 2.05) is 75.2 Å². The number of piperidine rings is 1. The Hall–Kier alpha value is -2.82. The molecular weight excluding hydrogens is 300 g/mol. The normalized spacial score (nSPS) is 17.8. The standard InChI is InChI=1S/C19H20N4O/c24-19(16-6-3-7-17(14-16)21-10-1-2-11-21)22-12-4-8-18(15-22)23-13-5-9-20-23/h1-3,5-7,9-11,13-14,18H,4,8,12,15H2/t18-/m0/s1. The molecule has 5 nitrogen and oxygen atoms in total. The molecule has 0 bridgehead atoms. The Morgan fingerprint density at radius 3 is 2.75 bits per heavy atom. The molecule has 2 aromatic heterocycles. The Kier molecular flexibility index (Phi) is 3.91. The maximum atomic E-state index is 12.9. The maximum Gasteiger partial charge on any atom is 0.254 e. The van der Waals surface area contributed by atoms with Gasteiger partial charge in [-0.05, 0) is 49.2 Å². The number of rotatable bonds is 3. The van der Waals surface area contributed by atoms with Gasteiger partial charge in [-0.1, -0.05) is 6.07 Å². The first-order chi connectivity index (χ1) is 11.8. The minimum Gasteiger partial charge on any atom is -0.337 e. The van der Waals surface area contributed by atoms with Gasteiger partial charge in [0.05, 0.1) is 6.04 Å². The van der Waals surface area contributed by atoms with Crippen LogP contribution in [0.25, 0.3) is 5.69 Å². The van der Waals surface area contributed by atoms with Crippen LogP contribution >= 0.6 is 0 Å². The second-order valence-corrected chi connectivity index (χ2v) is 6.17. The van der Waals surface area contributed by atoms with Crippen molar-refractivity contribution in [2.75, 3.05) is 13.1 Å². The number of amides is 1. The van der Waals surface area contributed by atoms with Crippen LogP contribution in [-0.2, 0) is 0 Å². The van der Waals surface area contributed by atoms with Crippen LogP contribution in [0.2, 0.25) is 0 Å². The van der Waals surface area contributed by atoms with Gasteiger partial charge >= 0.3 is 0 Å². The molecule has 0 aliphatic carbocycles. The maximum absolute atomic E-state index is 12.9. The van der Waals surface area contributed by atoms with Gasteiger partial charge in [0.2, 0.25) is 0 Å². The lowest BCUT2D eigenvalue weighted by atomic mass is 10.0. The lowest BCUT2D eigenvalue weighted by molar-refractivity contribution is 0.0673. The van der Waals surface area contributed by atoms with Crippen molar-refractivity contribution in [2.24, 2.45) is 0 Å². The highest BCUT2D eigenvalue weighted by Crippen LogP contribution is 2.22. The fourth-order valence-corrected chi connectivity index (χ4v) is 3.34. The van der Waals surface area contributed by atoms with E-state index in [-0.39, 0.29) is 11.9 Å². The van der Waals surface area contributed by atoms with Crippen molar-refractivity contribution in [3.8, 4) is 5.69 Å². The predicted molar refractivity (Wildman–Crippen MR) is 92.2 cm³/mol. The topological polar surface area (TPSA) is 43.1 Å². The smallest absolute Gasteiger partial charge is 0.254 e. The van der Waals surface area contributed by atoms with Crippen molar-refractivity contribution in [1.82, 2.24) is 19.2 Å². The average molecular weight is 320 g/mol. The molecule has 1 aliphatic heterocycles. The molecule has 122 valence electrons.